The number of thiazole rings is 1. The van der Waals surface area contributed by atoms with Gasteiger partial charge in [0.2, 0.25) is 10.0 Å². The van der Waals surface area contributed by atoms with E-state index in [1.54, 1.807) is 29.6 Å². The van der Waals surface area contributed by atoms with E-state index in [4.69, 9.17) is 4.74 Å². The average molecular weight is 418 g/mol. The number of amides is 1. The highest BCUT2D eigenvalue weighted by molar-refractivity contribution is 7.92. The van der Waals surface area contributed by atoms with E-state index in [1.807, 2.05) is 31.2 Å². The van der Waals surface area contributed by atoms with Crippen molar-refractivity contribution in [3.05, 3.63) is 70.2 Å². The Balaban J connectivity index is 1.57. The van der Waals surface area contributed by atoms with Crippen LogP contribution < -0.4 is 14.8 Å². The van der Waals surface area contributed by atoms with E-state index in [0.29, 0.717) is 22.1 Å². The number of carbonyl (C=O) groups is 1. The maximum atomic E-state index is 12.3. The Morgan fingerprint density at radius 2 is 1.71 bits per heavy atom. The van der Waals surface area contributed by atoms with E-state index in [1.165, 1.54) is 11.3 Å². The maximum Gasteiger partial charge on any atom is 0.275 e. The number of hydrogen-bond acceptors (Lipinski definition) is 6. The molecule has 0 aliphatic carbocycles. The summed E-state index contributed by atoms with van der Waals surface area (Å²) in [6.07, 6.45) is 1.07. The van der Waals surface area contributed by atoms with E-state index >= 15 is 0 Å². The van der Waals surface area contributed by atoms with Crippen molar-refractivity contribution in [1.82, 2.24) is 4.98 Å². The molecule has 1 amide bonds. The minimum atomic E-state index is -3.34. The molecule has 1 aromatic heterocycles. The van der Waals surface area contributed by atoms with Crippen LogP contribution in [0.4, 0.5) is 11.4 Å². The minimum Gasteiger partial charge on any atom is -0.486 e. The predicted octanol–water partition coefficient (Wildman–Crippen LogP) is 3.65. The first-order valence-corrected chi connectivity index (χ1v) is 11.1. The molecule has 9 heteroatoms. The molecule has 0 aliphatic rings. The van der Waals surface area contributed by atoms with Gasteiger partial charge in [-0.25, -0.2) is 13.4 Å². The van der Waals surface area contributed by atoms with Crippen molar-refractivity contribution in [2.24, 2.45) is 0 Å². The number of anilines is 2. The molecule has 0 unspecified atom stereocenters. The van der Waals surface area contributed by atoms with Gasteiger partial charge in [-0.2, -0.15) is 0 Å². The second-order valence-electron chi connectivity index (χ2n) is 6.13. The zero-order valence-corrected chi connectivity index (χ0v) is 16.9. The lowest BCUT2D eigenvalue weighted by molar-refractivity contribution is 0.102. The number of hydrogen-bond donors (Lipinski definition) is 2. The van der Waals surface area contributed by atoms with Gasteiger partial charge in [0.05, 0.1) is 6.26 Å². The topological polar surface area (TPSA) is 97.4 Å². The fraction of sp³-hybridized carbons (Fsp3) is 0.158. The van der Waals surface area contributed by atoms with Crippen molar-refractivity contribution in [2.75, 3.05) is 16.3 Å². The third-order valence-electron chi connectivity index (χ3n) is 3.61. The number of nitrogens with zero attached hydrogens (tertiary/aromatic N) is 1. The van der Waals surface area contributed by atoms with Crippen molar-refractivity contribution >= 4 is 38.6 Å². The highest BCUT2D eigenvalue weighted by Gasteiger charge is 2.12. The smallest absolute Gasteiger partial charge is 0.275 e. The molecule has 0 bridgehead atoms. The molecule has 1 heterocycles. The normalized spacial score (nSPS) is 11.1. The second kappa shape index (κ2) is 8.41. The number of nitrogens with one attached hydrogen (secondary N) is 2. The number of rotatable bonds is 7. The molecular formula is C19H19N3O4S2. The van der Waals surface area contributed by atoms with Gasteiger partial charge in [-0.05, 0) is 43.3 Å². The lowest BCUT2D eigenvalue weighted by Gasteiger charge is -2.06. The molecule has 146 valence electrons. The molecule has 0 fully saturated rings. The number of sulfonamides is 1. The molecule has 28 heavy (non-hydrogen) atoms. The largest absolute Gasteiger partial charge is 0.486 e. The summed E-state index contributed by atoms with van der Waals surface area (Å²) in [5.41, 5.74) is 2.41. The summed E-state index contributed by atoms with van der Waals surface area (Å²) in [6, 6.07) is 14.1. The number of carbonyl (C=O) groups excluding carboxylic acids is 1. The number of aromatic nitrogens is 1. The van der Waals surface area contributed by atoms with Gasteiger partial charge in [-0.15, -0.1) is 11.3 Å². The van der Waals surface area contributed by atoms with Gasteiger partial charge in [-0.3, -0.25) is 9.52 Å². The Hall–Kier alpha value is -2.91. The molecule has 0 atom stereocenters. The van der Waals surface area contributed by atoms with Crippen molar-refractivity contribution in [1.29, 1.82) is 0 Å². The van der Waals surface area contributed by atoms with Crippen LogP contribution in [0.5, 0.6) is 5.75 Å². The van der Waals surface area contributed by atoms with Crippen LogP contribution in [-0.2, 0) is 16.6 Å². The maximum absolute atomic E-state index is 12.3. The molecule has 3 aromatic rings. The van der Waals surface area contributed by atoms with Crippen molar-refractivity contribution in [3.63, 3.8) is 0 Å². The average Bonchev–Trinajstić information content (AvgIpc) is 3.11. The first-order valence-electron chi connectivity index (χ1n) is 8.31. The van der Waals surface area contributed by atoms with Crippen molar-refractivity contribution in [3.8, 4) is 5.75 Å². The molecule has 2 N–H and O–H groups in total. The number of ether oxygens (including phenoxy) is 1. The third kappa shape index (κ3) is 5.80. The zero-order valence-electron chi connectivity index (χ0n) is 15.3. The lowest BCUT2D eigenvalue weighted by atomic mass is 10.2. The summed E-state index contributed by atoms with van der Waals surface area (Å²) in [5, 5.41) is 5.09. The molecule has 0 saturated carbocycles. The quantitative estimate of drug-likeness (QED) is 0.611. The number of aryl methyl sites for hydroxylation is 1. The summed E-state index contributed by atoms with van der Waals surface area (Å²) in [4.78, 5) is 16.6. The lowest BCUT2D eigenvalue weighted by Crippen LogP contribution is -2.13. The first kappa shape index (κ1) is 19.8. The van der Waals surface area contributed by atoms with E-state index in [2.05, 4.69) is 15.0 Å². The third-order valence-corrected chi connectivity index (χ3v) is 5.04. The van der Waals surface area contributed by atoms with Gasteiger partial charge in [0, 0.05) is 16.8 Å². The Labute approximate surface area is 167 Å². The number of benzene rings is 2. The Morgan fingerprint density at radius 3 is 2.36 bits per heavy atom. The Morgan fingerprint density at radius 1 is 1.07 bits per heavy atom. The summed E-state index contributed by atoms with van der Waals surface area (Å²) in [6.45, 7) is 2.29. The second-order valence-corrected chi connectivity index (χ2v) is 8.83. The standard InChI is InChI=1S/C19H19N3O4S2/c1-13-3-9-16(10-4-13)26-11-18-21-17(12-27-18)19(23)20-14-5-7-15(8-6-14)22-28(2,24)25/h3-10,12,22H,11H2,1-2H3,(H,20,23). The Bertz CT molecular complexity index is 1060. The molecule has 3 rings (SSSR count). The van der Waals surface area contributed by atoms with Crippen LogP contribution in [0, 0.1) is 6.92 Å². The van der Waals surface area contributed by atoms with Crippen LogP contribution >= 0.6 is 11.3 Å². The van der Waals surface area contributed by atoms with Crippen LogP contribution in [0.1, 0.15) is 21.1 Å². The van der Waals surface area contributed by atoms with Crippen molar-refractivity contribution < 1.29 is 17.9 Å². The van der Waals surface area contributed by atoms with Crippen LogP contribution in [0.25, 0.3) is 0 Å². The van der Waals surface area contributed by atoms with Crippen LogP contribution in [0.3, 0.4) is 0 Å². The fourth-order valence-corrected chi connectivity index (χ4v) is 3.54. The fourth-order valence-electron chi connectivity index (χ4n) is 2.29. The van der Waals surface area contributed by atoms with E-state index in [0.717, 1.165) is 17.6 Å². The SMILES string of the molecule is Cc1ccc(OCc2nc(C(=O)Nc3ccc(NS(C)(=O)=O)cc3)cs2)cc1. The predicted molar refractivity (Wildman–Crippen MR) is 110 cm³/mol. The summed E-state index contributed by atoms with van der Waals surface area (Å²) in [7, 11) is -3.34. The van der Waals surface area contributed by atoms with Crippen LogP contribution in [0.2, 0.25) is 0 Å². The van der Waals surface area contributed by atoms with Gasteiger partial charge in [-0.1, -0.05) is 17.7 Å². The summed E-state index contributed by atoms with van der Waals surface area (Å²) >= 11 is 1.35. The van der Waals surface area contributed by atoms with Crippen LogP contribution in [-0.4, -0.2) is 25.6 Å². The summed E-state index contributed by atoms with van der Waals surface area (Å²) < 4.78 is 30.5. The molecule has 7 nitrogen and oxygen atoms in total. The molecular weight excluding hydrogens is 398 g/mol. The Kier molecular flexibility index (Phi) is 5.96. The van der Waals surface area contributed by atoms with Gasteiger partial charge in [0.1, 0.15) is 23.1 Å². The summed E-state index contributed by atoms with van der Waals surface area (Å²) in [5.74, 6) is 0.399. The van der Waals surface area contributed by atoms with E-state index < -0.39 is 10.0 Å². The van der Waals surface area contributed by atoms with Crippen LogP contribution in [0.15, 0.2) is 53.9 Å². The van der Waals surface area contributed by atoms with Gasteiger partial charge < -0.3 is 10.1 Å². The zero-order chi connectivity index (χ0) is 20.1. The van der Waals surface area contributed by atoms with Crippen molar-refractivity contribution in [2.45, 2.75) is 13.5 Å². The van der Waals surface area contributed by atoms with E-state index in [-0.39, 0.29) is 12.5 Å². The van der Waals surface area contributed by atoms with Gasteiger partial charge in [0.25, 0.3) is 5.91 Å². The van der Waals surface area contributed by atoms with E-state index in [9.17, 15) is 13.2 Å². The minimum absolute atomic E-state index is 0.285. The molecule has 2 aromatic carbocycles. The molecule has 0 radical (unpaired) electrons. The van der Waals surface area contributed by atoms with Gasteiger partial charge >= 0.3 is 0 Å². The highest BCUT2D eigenvalue weighted by atomic mass is 32.2. The first-order chi connectivity index (χ1) is 13.3. The highest BCUT2D eigenvalue weighted by Crippen LogP contribution is 2.18. The van der Waals surface area contributed by atoms with Gasteiger partial charge in [0.15, 0.2) is 0 Å². The molecule has 0 aliphatic heterocycles. The monoisotopic (exact) mass is 417 g/mol. The molecule has 0 saturated heterocycles. The molecule has 0 spiro atoms.